The minimum Gasteiger partial charge on any atom is -0.478 e. The second-order valence-electron chi connectivity index (χ2n) is 4.39. The lowest BCUT2D eigenvalue weighted by molar-refractivity contribution is -0.117. The Balaban J connectivity index is 2.43. The molecule has 9 heteroatoms. The van der Waals surface area contributed by atoms with Gasteiger partial charge in [-0.3, -0.25) is 4.79 Å². The van der Waals surface area contributed by atoms with Crippen molar-refractivity contribution in [3.05, 3.63) is 28.8 Å². The topological polar surface area (TPSA) is 118 Å². The summed E-state index contributed by atoms with van der Waals surface area (Å²) in [4.78, 5) is 24.2. The maximum Gasteiger partial charge on any atom is 0.337 e. The number of benzene rings is 1. The normalized spacial score (nSPS) is 19.4. The molecule has 1 heterocycles. The Hall–Kier alpha value is -1.64. The number of carbonyl (C=O) groups excluding carboxylic acids is 1. The van der Waals surface area contributed by atoms with E-state index in [1.165, 1.54) is 18.2 Å². The molecule has 0 bridgehead atoms. The van der Waals surface area contributed by atoms with Crippen LogP contribution in [-0.2, 0) is 14.8 Å². The van der Waals surface area contributed by atoms with E-state index in [1.807, 2.05) is 0 Å². The van der Waals surface area contributed by atoms with Crippen molar-refractivity contribution in [3.63, 3.8) is 0 Å². The largest absolute Gasteiger partial charge is 0.478 e. The molecule has 20 heavy (non-hydrogen) atoms. The molecule has 7 nitrogen and oxygen atoms in total. The third-order valence-corrected chi connectivity index (χ3v) is 4.51. The molecule has 2 rings (SSSR count). The first-order valence-electron chi connectivity index (χ1n) is 5.55. The summed E-state index contributed by atoms with van der Waals surface area (Å²) in [5.74, 6) is -1.75. The maximum absolute atomic E-state index is 11.9. The number of hydrogen-bond acceptors (Lipinski definition) is 4. The number of amides is 1. The standard InChI is InChI=1S/C11H11ClN2O5S/c12-6-1-2-9(8(3-6)11(16)17)14-5-7(4-10(14)15)20(13,18)19/h1-3,7H,4-5H2,(H,16,17)(H2,13,18,19). The second kappa shape index (κ2) is 5.04. The van der Waals surface area contributed by atoms with E-state index in [1.54, 1.807) is 0 Å². The highest BCUT2D eigenvalue weighted by molar-refractivity contribution is 7.89. The lowest BCUT2D eigenvalue weighted by atomic mass is 10.1. The first kappa shape index (κ1) is 14.8. The molecule has 1 aliphatic rings. The van der Waals surface area contributed by atoms with E-state index < -0.39 is 27.1 Å². The van der Waals surface area contributed by atoms with Gasteiger partial charge >= 0.3 is 5.97 Å². The number of carbonyl (C=O) groups is 2. The van der Waals surface area contributed by atoms with Crippen LogP contribution in [0.4, 0.5) is 5.69 Å². The zero-order valence-electron chi connectivity index (χ0n) is 10.1. The molecule has 1 saturated heterocycles. The Labute approximate surface area is 120 Å². The van der Waals surface area contributed by atoms with Gasteiger partial charge in [0.05, 0.1) is 11.3 Å². The summed E-state index contributed by atoms with van der Waals surface area (Å²) in [5, 5.41) is 13.3. The van der Waals surface area contributed by atoms with Crippen LogP contribution >= 0.6 is 11.6 Å². The van der Waals surface area contributed by atoms with E-state index in [-0.39, 0.29) is 29.2 Å². The molecule has 108 valence electrons. The van der Waals surface area contributed by atoms with Gasteiger partial charge < -0.3 is 10.0 Å². The van der Waals surface area contributed by atoms with Crippen molar-refractivity contribution in [3.8, 4) is 0 Å². The van der Waals surface area contributed by atoms with Crippen LogP contribution in [0.3, 0.4) is 0 Å². The smallest absolute Gasteiger partial charge is 0.337 e. The van der Waals surface area contributed by atoms with E-state index in [0.29, 0.717) is 0 Å². The summed E-state index contributed by atoms with van der Waals surface area (Å²) < 4.78 is 22.6. The number of sulfonamides is 1. The van der Waals surface area contributed by atoms with E-state index >= 15 is 0 Å². The van der Waals surface area contributed by atoms with Crippen molar-refractivity contribution in [2.45, 2.75) is 11.7 Å². The lowest BCUT2D eigenvalue weighted by Crippen LogP contribution is -2.32. The number of carboxylic acids is 1. The average Bonchev–Trinajstić information content (AvgIpc) is 2.71. The molecule has 0 spiro atoms. The summed E-state index contributed by atoms with van der Waals surface area (Å²) in [7, 11) is -3.85. The number of hydrogen-bond donors (Lipinski definition) is 2. The molecule has 0 aliphatic carbocycles. The van der Waals surface area contributed by atoms with Crippen LogP contribution in [0.25, 0.3) is 0 Å². The van der Waals surface area contributed by atoms with Gasteiger partial charge in [0.15, 0.2) is 0 Å². The minimum absolute atomic E-state index is 0.109. The van der Waals surface area contributed by atoms with Gasteiger partial charge in [-0.1, -0.05) is 11.6 Å². The first-order valence-corrected chi connectivity index (χ1v) is 7.53. The van der Waals surface area contributed by atoms with Crippen molar-refractivity contribution in [2.24, 2.45) is 5.14 Å². The monoisotopic (exact) mass is 318 g/mol. The maximum atomic E-state index is 11.9. The van der Waals surface area contributed by atoms with Crippen molar-refractivity contribution in [1.82, 2.24) is 0 Å². The Morgan fingerprint density at radius 3 is 2.60 bits per heavy atom. The summed E-state index contributed by atoms with van der Waals surface area (Å²) >= 11 is 5.72. The van der Waals surface area contributed by atoms with Gasteiger partial charge in [0.1, 0.15) is 5.25 Å². The SMILES string of the molecule is NS(=O)(=O)C1CC(=O)N(c2ccc(Cl)cc2C(=O)O)C1. The fourth-order valence-corrected chi connectivity index (χ4v) is 2.95. The molecule has 3 N–H and O–H groups in total. The van der Waals surface area contributed by atoms with Gasteiger partial charge in [-0.05, 0) is 18.2 Å². The summed E-state index contributed by atoms with van der Waals surface area (Å²) in [6.45, 7) is -0.167. The van der Waals surface area contributed by atoms with E-state index in [0.717, 1.165) is 4.90 Å². The highest BCUT2D eigenvalue weighted by Crippen LogP contribution is 2.29. The Morgan fingerprint density at radius 2 is 2.10 bits per heavy atom. The first-order chi connectivity index (χ1) is 9.20. The number of anilines is 1. The quantitative estimate of drug-likeness (QED) is 0.838. The number of nitrogens with two attached hydrogens (primary N) is 1. The molecule has 0 saturated carbocycles. The second-order valence-corrected chi connectivity index (χ2v) is 6.67. The summed E-state index contributed by atoms with van der Waals surface area (Å²) in [6, 6.07) is 4.01. The lowest BCUT2D eigenvalue weighted by Gasteiger charge is -2.18. The van der Waals surface area contributed by atoms with E-state index in [9.17, 15) is 18.0 Å². The molecular formula is C11H11ClN2O5S. The average molecular weight is 319 g/mol. The van der Waals surface area contributed by atoms with Crippen LogP contribution in [0, 0.1) is 0 Å². The van der Waals surface area contributed by atoms with Gasteiger partial charge in [-0.25, -0.2) is 18.4 Å². The zero-order valence-corrected chi connectivity index (χ0v) is 11.7. The highest BCUT2D eigenvalue weighted by Gasteiger charge is 2.38. The van der Waals surface area contributed by atoms with E-state index in [2.05, 4.69) is 0 Å². The molecule has 1 aliphatic heterocycles. The molecule has 0 aromatic heterocycles. The number of carboxylic acid groups (broad SMARTS) is 1. The molecule has 1 fully saturated rings. The van der Waals surface area contributed by atoms with Crippen molar-refractivity contribution in [2.75, 3.05) is 11.4 Å². The van der Waals surface area contributed by atoms with Gasteiger partial charge in [-0.2, -0.15) is 0 Å². The molecule has 1 aromatic carbocycles. The zero-order chi connectivity index (χ0) is 15.1. The molecule has 0 radical (unpaired) electrons. The molecule has 1 amide bonds. The van der Waals surface area contributed by atoms with Crippen LogP contribution in [0.15, 0.2) is 18.2 Å². The van der Waals surface area contributed by atoms with Crippen molar-refractivity contribution < 1.29 is 23.1 Å². The fraction of sp³-hybridized carbons (Fsp3) is 0.273. The summed E-state index contributed by atoms with van der Waals surface area (Å²) in [6.07, 6.45) is -0.263. The summed E-state index contributed by atoms with van der Waals surface area (Å²) in [5.41, 5.74) is -0.0565. The molecule has 1 unspecified atom stereocenters. The number of halogens is 1. The predicted octanol–water partition coefficient (Wildman–Crippen LogP) is 0.432. The Kier molecular flexibility index (Phi) is 3.72. The predicted molar refractivity (Wildman–Crippen MR) is 72.3 cm³/mol. The van der Waals surface area contributed by atoms with Crippen LogP contribution in [-0.4, -0.2) is 37.2 Å². The fourth-order valence-electron chi connectivity index (χ4n) is 2.04. The third kappa shape index (κ3) is 2.77. The number of aromatic carboxylic acids is 1. The molecule has 1 aromatic rings. The van der Waals surface area contributed by atoms with Gasteiger partial charge in [-0.15, -0.1) is 0 Å². The Morgan fingerprint density at radius 1 is 1.45 bits per heavy atom. The van der Waals surface area contributed by atoms with Crippen molar-refractivity contribution in [1.29, 1.82) is 0 Å². The van der Waals surface area contributed by atoms with Crippen molar-refractivity contribution >= 4 is 39.2 Å². The minimum atomic E-state index is -3.85. The van der Waals surface area contributed by atoms with Gasteiger partial charge in [0.2, 0.25) is 15.9 Å². The van der Waals surface area contributed by atoms with Gasteiger partial charge in [0.25, 0.3) is 0 Å². The number of rotatable bonds is 3. The Bertz CT molecular complexity index is 688. The van der Waals surface area contributed by atoms with Crippen LogP contribution in [0.5, 0.6) is 0 Å². The highest BCUT2D eigenvalue weighted by atomic mass is 35.5. The number of nitrogens with zero attached hydrogens (tertiary/aromatic N) is 1. The number of primary sulfonamides is 1. The molecule has 1 atom stereocenters. The van der Waals surface area contributed by atoms with Crippen LogP contribution < -0.4 is 10.0 Å². The van der Waals surface area contributed by atoms with Crippen LogP contribution in [0.1, 0.15) is 16.8 Å². The van der Waals surface area contributed by atoms with Gasteiger partial charge in [0, 0.05) is 18.0 Å². The van der Waals surface area contributed by atoms with E-state index in [4.69, 9.17) is 21.8 Å². The molecular weight excluding hydrogens is 308 g/mol. The van der Waals surface area contributed by atoms with Crippen LogP contribution in [0.2, 0.25) is 5.02 Å². The third-order valence-electron chi connectivity index (χ3n) is 3.03.